The van der Waals surface area contributed by atoms with Gasteiger partial charge in [-0.3, -0.25) is 9.78 Å². The highest BCUT2D eigenvalue weighted by Crippen LogP contribution is 2.32. The van der Waals surface area contributed by atoms with Gasteiger partial charge < -0.3 is 20.4 Å². The molecule has 9 nitrogen and oxygen atoms in total. The monoisotopic (exact) mass is 428 g/mol. The Kier molecular flexibility index (Phi) is 4.96. The number of aromatic nitrogens is 2. The van der Waals surface area contributed by atoms with E-state index in [0.29, 0.717) is 22.0 Å². The third-order valence-electron chi connectivity index (χ3n) is 4.80. The van der Waals surface area contributed by atoms with Crippen molar-refractivity contribution in [3.63, 3.8) is 0 Å². The van der Waals surface area contributed by atoms with Crippen LogP contribution in [0.3, 0.4) is 0 Å². The zero-order chi connectivity index (χ0) is 21.4. The van der Waals surface area contributed by atoms with Gasteiger partial charge in [0.05, 0.1) is 24.6 Å². The van der Waals surface area contributed by atoms with Gasteiger partial charge in [0.2, 0.25) is 5.88 Å². The normalized spacial score (nSPS) is 15.5. The highest BCUT2D eigenvalue weighted by Gasteiger charge is 2.28. The molecule has 4 N–H and O–H groups in total. The summed E-state index contributed by atoms with van der Waals surface area (Å²) < 4.78 is 6.00. The average Bonchev–Trinajstić information content (AvgIpc) is 3.17. The van der Waals surface area contributed by atoms with Gasteiger partial charge in [-0.1, -0.05) is 23.7 Å². The first-order valence-corrected chi connectivity index (χ1v) is 9.30. The van der Waals surface area contributed by atoms with E-state index >= 15 is 0 Å². The van der Waals surface area contributed by atoms with E-state index in [1.54, 1.807) is 30.3 Å². The van der Waals surface area contributed by atoms with Crippen LogP contribution in [0.25, 0.3) is 5.69 Å². The molecule has 0 saturated heterocycles. The highest BCUT2D eigenvalue weighted by molar-refractivity contribution is 6.30. The minimum Gasteiger partial charge on any atom is -0.504 e. The largest absolute Gasteiger partial charge is 0.504 e. The van der Waals surface area contributed by atoms with E-state index in [1.165, 1.54) is 19.2 Å². The molecule has 0 spiro atoms. The molecule has 3 aromatic rings. The summed E-state index contributed by atoms with van der Waals surface area (Å²) >= 11 is 5.99. The molecule has 0 fully saturated rings. The zero-order valence-electron chi connectivity index (χ0n) is 15.7. The highest BCUT2D eigenvalue weighted by atomic mass is 35.5. The summed E-state index contributed by atoms with van der Waals surface area (Å²) in [5.74, 6) is -0.231. The van der Waals surface area contributed by atoms with Crippen molar-refractivity contribution in [2.45, 2.75) is 12.5 Å². The van der Waals surface area contributed by atoms with Gasteiger partial charge in [0.15, 0.2) is 11.5 Å². The summed E-state index contributed by atoms with van der Waals surface area (Å²) in [5, 5.41) is 25.3. The number of hydrogen-bond acceptors (Lipinski definition) is 7. The molecule has 1 unspecified atom stereocenters. The number of aromatic amines is 1. The molecule has 2 aromatic carbocycles. The molecule has 1 aliphatic rings. The maximum Gasteiger partial charge on any atom is 0.335 e. The summed E-state index contributed by atoms with van der Waals surface area (Å²) in [7, 11) is 1.45. The lowest BCUT2D eigenvalue weighted by molar-refractivity contribution is 0.372. The van der Waals surface area contributed by atoms with Crippen LogP contribution < -0.4 is 21.4 Å². The standard InChI is InChI=1S/C20H17ClN4O5/c1-30-16-6-5-10(7-15(16)26)13-9-14(24-23-13)17-18(27)22-20(29)25(19(17)28)12-4-2-3-11(21)8-12/h2-8,13,23,26,28H,9H2,1H3,(H,22,27,29). The molecule has 2 heterocycles. The fourth-order valence-corrected chi connectivity index (χ4v) is 3.54. The Bertz CT molecular complexity index is 1280. The third-order valence-corrected chi connectivity index (χ3v) is 5.03. The Labute approximate surface area is 174 Å². The molecular formula is C20H17ClN4O5. The van der Waals surface area contributed by atoms with Crippen LogP contribution in [0.4, 0.5) is 0 Å². The minimum absolute atomic E-state index is 0.0274. The molecule has 1 aliphatic heterocycles. The van der Waals surface area contributed by atoms with Gasteiger partial charge in [0, 0.05) is 11.4 Å². The number of nitrogens with one attached hydrogen (secondary N) is 2. The maximum absolute atomic E-state index is 12.5. The molecule has 0 saturated carbocycles. The number of halogens is 1. The van der Waals surface area contributed by atoms with Crippen molar-refractivity contribution in [2.75, 3.05) is 7.11 Å². The van der Waals surface area contributed by atoms with Crippen molar-refractivity contribution in [1.29, 1.82) is 0 Å². The maximum atomic E-state index is 12.5. The Morgan fingerprint density at radius 3 is 2.70 bits per heavy atom. The Hall–Kier alpha value is -3.72. The summed E-state index contributed by atoms with van der Waals surface area (Å²) in [5.41, 5.74) is 2.49. The van der Waals surface area contributed by atoms with E-state index in [-0.39, 0.29) is 29.5 Å². The van der Waals surface area contributed by atoms with Crippen LogP contribution in [-0.4, -0.2) is 32.6 Å². The molecule has 1 atom stereocenters. The lowest BCUT2D eigenvalue weighted by Gasteiger charge is -2.13. The van der Waals surface area contributed by atoms with Gasteiger partial charge in [-0.25, -0.2) is 9.36 Å². The van der Waals surface area contributed by atoms with Crippen LogP contribution in [0, 0.1) is 0 Å². The smallest absolute Gasteiger partial charge is 0.335 e. The number of hydrogen-bond donors (Lipinski definition) is 4. The first-order chi connectivity index (χ1) is 14.4. The molecule has 154 valence electrons. The van der Waals surface area contributed by atoms with Crippen molar-refractivity contribution >= 4 is 17.3 Å². The second-order valence-corrected chi connectivity index (χ2v) is 7.09. The second-order valence-electron chi connectivity index (χ2n) is 6.65. The number of H-pyrrole nitrogens is 1. The van der Waals surface area contributed by atoms with E-state index in [4.69, 9.17) is 16.3 Å². The molecule has 4 rings (SSSR count). The fraction of sp³-hybridized carbons (Fsp3) is 0.150. The number of methoxy groups -OCH3 is 1. The van der Waals surface area contributed by atoms with Crippen LogP contribution in [-0.2, 0) is 0 Å². The van der Waals surface area contributed by atoms with Crippen LogP contribution >= 0.6 is 11.6 Å². The predicted molar refractivity (Wildman–Crippen MR) is 111 cm³/mol. The van der Waals surface area contributed by atoms with Crippen molar-refractivity contribution in [3.05, 3.63) is 79.5 Å². The Morgan fingerprint density at radius 2 is 2.00 bits per heavy atom. The van der Waals surface area contributed by atoms with Gasteiger partial charge in [-0.2, -0.15) is 5.10 Å². The quantitative estimate of drug-likeness (QED) is 0.503. The van der Waals surface area contributed by atoms with Crippen molar-refractivity contribution in [1.82, 2.24) is 15.0 Å². The van der Waals surface area contributed by atoms with Gasteiger partial charge in [-0.15, -0.1) is 0 Å². The van der Waals surface area contributed by atoms with E-state index in [9.17, 15) is 19.8 Å². The first-order valence-electron chi connectivity index (χ1n) is 8.92. The average molecular weight is 429 g/mol. The fourth-order valence-electron chi connectivity index (χ4n) is 3.35. The van der Waals surface area contributed by atoms with Crippen LogP contribution in [0.2, 0.25) is 5.02 Å². The van der Waals surface area contributed by atoms with Crippen molar-refractivity contribution in [3.8, 4) is 23.1 Å². The molecule has 10 heteroatoms. The molecule has 1 aromatic heterocycles. The lowest BCUT2D eigenvalue weighted by atomic mass is 9.99. The summed E-state index contributed by atoms with van der Waals surface area (Å²) in [6, 6.07) is 10.9. The Balaban J connectivity index is 1.72. The summed E-state index contributed by atoms with van der Waals surface area (Å²) in [6.45, 7) is 0. The SMILES string of the molecule is COc1ccc(C2CC(c3c(O)n(-c4cccc(Cl)c4)c(=O)[nH]c3=O)=NN2)cc1O. The molecule has 30 heavy (non-hydrogen) atoms. The number of nitrogens with zero attached hydrogens (tertiary/aromatic N) is 2. The number of hydrazone groups is 1. The van der Waals surface area contributed by atoms with E-state index < -0.39 is 17.1 Å². The van der Waals surface area contributed by atoms with Gasteiger partial charge in [0.25, 0.3) is 5.56 Å². The third kappa shape index (κ3) is 3.39. The molecule has 0 radical (unpaired) electrons. The number of phenols is 1. The van der Waals surface area contributed by atoms with Crippen molar-refractivity contribution < 1.29 is 14.9 Å². The Morgan fingerprint density at radius 1 is 1.20 bits per heavy atom. The van der Waals surface area contributed by atoms with E-state index in [1.807, 2.05) is 0 Å². The lowest BCUT2D eigenvalue weighted by Crippen LogP contribution is -2.33. The predicted octanol–water partition coefficient (Wildman–Crippen LogP) is 2.04. The van der Waals surface area contributed by atoms with E-state index in [2.05, 4.69) is 15.5 Å². The number of aromatic hydroxyl groups is 2. The molecule has 0 amide bonds. The number of ether oxygens (including phenoxy) is 1. The van der Waals surface area contributed by atoms with Crippen LogP contribution in [0.5, 0.6) is 17.4 Å². The second kappa shape index (κ2) is 7.60. The molecular weight excluding hydrogens is 412 g/mol. The number of rotatable bonds is 4. The number of phenolic OH excluding ortho intramolecular Hbond substituents is 1. The summed E-state index contributed by atoms with van der Waals surface area (Å²) in [4.78, 5) is 27.0. The first kappa shape index (κ1) is 19.6. The van der Waals surface area contributed by atoms with E-state index in [0.717, 1.165) is 4.57 Å². The topological polar surface area (TPSA) is 129 Å². The van der Waals surface area contributed by atoms with Gasteiger partial charge in [-0.05, 0) is 35.9 Å². The van der Waals surface area contributed by atoms with Crippen LogP contribution in [0.15, 0.2) is 57.2 Å². The number of benzene rings is 2. The van der Waals surface area contributed by atoms with Gasteiger partial charge >= 0.3 is 5.69 Å². The van der Waals surface area contributed by atoms with Gasteiger partial charge in [0.1, 0.15) is 5.56 Å². The minimum atomic E-state index is -0.799. The van der Waals surface area contributed by atoms with Crippen LogP contribution in [0.1, 0.15) is 23.6 Å². The molecule has 0 bridgehead atoms. The van der Waals surface area contributed by atoms with Crippen molar-refractivity contribution in [2.24, 2.45) is 5.10 Å². The zero-order valence-corrected chi connectivity index (χ0v) is 16.5. The molecule has 0 aliphatic carbocycles. The summed E-state index contributed by atoms with van der Waals surface area (Å²) in [6.07, 6.45) is 0.246.